The molecule has 10 heteroatoms. The van der Waals surface area contributed by atoms with Gasteiger partial charge in [-0.1, -0.05) is 52.3 Å². The maximum absolute atomic E-state index is 12.6. The van der Waals surface area contributed by atoms with E-state index in [4.69, 9.17) is 15.2 Å². The Morgan fingerprint density at radius 2 is 1.61 bits per heavy atom. The number of carboxylic acid groups (broad SMARTS) is 1. The maximum Gasteiger partial charge on any atom is 0.347 e. The zero-order chi connectivity index (χ0) is 36.6. The van der Waals surface area contributed by atoms with E-state index < -0.39 is 23.4 Å². The van der Waals surface area contributed by atoms with Gasteiger partial charge in [-0.3, -0.25) is 9.59 Å². The summed E-state index contributed by atoms with van der Waals surface area (Å²) in [6, 6.07) is 9.73. The number of carbonyl (C=O) groups excluding carboxylic acids is 3. The number of phenols is 2. The van der Waals surface area contributed by atoms with Gasteiger partial charge in [-0.25, -0.2) is 9.59 Å². The van der Waals surface area contributed by atoms with E-state index >= 15 is 0 Å². The second-order valence-electron chi connectivity index (χ2n) is 14.1. The van der Waals surface area contributed by atoms with Crippen LogP contribution in [0.4, 0.5) is 0 Å². The fourth-order valence-corrected chi connectivity index (χ4v) is 7.88. The highest BCUT2D eigenvalue weighted by atomic mass is 16.5. The molecule has 0 heterocycles. The Hall–Kier alpha value is -4.86. The first kappa shape index (κ1) is 37.0. The van der Waals surface area contributed by atoms with Crippen molar-refractivity contribution in [3.63, 3.8) is 0 Å². The molecule has 5 rings (SSSR count). The van der Waals surface area contributed by atoms with Crippen molar-refractivity contribution in [3.8, 4) is 23.0 Å². The number of carbonyl (C=O) groups is 4. The Labute approximate surface area is 287 Å². The predicted molar refractivity (Wildman–Crippen MR) is 185 cm³/mol. The third-order valence-electron chi connectivity index (χ3n) is 10.8. The highest BCUT2D eigenvalue weighted by Gasteiger charge is 2.54. The molecule has 3 aromatic carbocycles. The molecule has 1 saturated carbocycles. The Kier molecular flexibility index (Phi) is 10.5. The molecule has 2 aliphatic carbocycles. The summed E-state index contributed by atoms with van der Waals surface area (Å²) in [5, 5.41) is 29.5. The van der Waals surface area contributed by atoms with Crippen LogP contribution >= 0.6 is 0 Å². The van der Waals surface area contributed by atoms with Gasteiger partial charge < -0.3 is 30.5 Å². The minimum absolute atomic E-state index is 0.0419. The molecule has 262 valence electrons. The van der Waals surface area contributed by atoms with E-state index in [0.717, 1.165) is 25.7 Å². The van der Waals surface area contributed by atoms with Crippen LogP contribution in [0.2, 0.25) is 0 Å². The lowest BCUT2D eigenvalue weighted by Crippen LogP contribution is -2.54. The molecule has 0 radical (unpaired) electrons. The lowest BCUT2D eigenvalue weighted by molar-refractivity contribution is -0.135. The molecule has 1 fully saturated rings. The number of ether oxygens (including phenoxy) is 2. The van der Waals surface area contributed by atoms with E-state index in [0.29, 0.717) is 23.7 Å². The van der Waals surface area contributed by atoms with Gasteiger partial charge in [0.15, 0.2) is 6.29 Å². The monoisotopic (exact) mass is 673 g/mol. The van der Waals surface area contributed by atoms with Crippen LogP contribution in [0.15, 0.2) is 30.3 Å². The third-order valence-corrected chi connectivity index (χ3v) is 10.8. The second-order valence-corrected chi connectivity index (χ2v) is 14.1. The van der Waals surface area contributed by atoms with Gasteiger partial charge in [-0.2, -0.15) is 0 Å². The molecule has 0 bridgehead atoms. The van der Waals surface area contributed by atoms with Gasteiger partial charge in [0.25, 0.3) is 0 Å². The van der Waals surface area contributed by atoms with Crippen LogP contribution in [-0.2, 0) is 16.6 Å². The first-order valence-electron chi connectivity index (χ1n) is 16.5. The molecule has 0 saturated heterocycles. The molecule has 10 nitrogen and oxygen atoms in total. The number of carboxylic acids is 1. The van der Waals surface area contributed by atoms with Crippen LogP contribution < -0.4 is 15.2 Å². The van der Waals surface area contributed by atoms with E-state index in [9.17, 15) is 34.5 Å². The van der Waals surface area contributed by atoms with E-state index in [1.54, 1.807) is 0 Å². The number of aromatic hydroxyl groups is 2. The van der Waals surface area contributed by atoms with Gasteiger partial charge in [0.05, 0.1) is 12.7 Å². The number of aldehydes is 1. The number of methoxy groups -OCH3 is 1. The van der Waals surface area contributed by atoms with Crippen molar-refractivity contribution in [1.29, 1.82) is 0 Å². The zero-order valence-corrected chi connectivity index (χ0v) is 29.5. The van der Waals surface area contributed by atoms with E-state index in [1.165, 1.54) is 63.1 Å². The van der Waals surface area contributed by atoms with Crippen LogP contribution in [0.25, 0.3) is 0 Å². The number of esters is 1. The average Bonchev–Trinajstić information content (AvgIpc) is 3.03. The fourth-order valence-electron chi connectivity index (χ4n) is 7.88. The van der Waals surface area contributed by atoms with Gasteiger partial charge in [0, 0.05) is 11.0 Å². The van der Waals surface area contributed by atoms with Crippen LogP contribution in [0, 0.1) is 32.1 Å². The lowest BCUT2D eigenvalue weighted by atomic mass is 9.49. The molecule has 5 N–H and O–H groups in total. The predicted octanol–water partition coefficient (Wildman–Crippen LogP) is 7.07. The number of aryl methyl sites for hydroxylation is 3. The molecular weight excluding hydrogens is 626 g/mol. The minimum atomic E-state index is -1.38. The Bertz CT molecular complexity index is 1830. The van der Waals surface area contributed by atoms with Gasteiger partial charge in [0.2, 0.25) is 5.91 Å². The standard InChI is InChI=1S/C20H29NO.C19H18O8/c1-13(2)14-6-8-16-15(12-14)7-9-17-19(16,3)10-5-11-20(17,4)18(21)22;1-8-5-13(26-4)11(7-20)17(22)14(8)19(25)27-12-6-9(2)16(21)15(10(12)3)18(23)24/h6,8,12-13,17H,5,7,9-11H2,1-4H3,(H2,21,22);5-7,21-22H,1-4H3,(H,23,24). The maximum atomic E-state index is 12.6. The van der Waals surface area contributed by atoms with Crippen LogP contribution in [0.3, 0.4) is 0 Å². The summed E-state index contributed by atoms with van der Waals surface area (Å²) in [5.41, 5.74) is 9.66. The second kappa shape index (κ2) is 13.9. The summed E-state index contributed by atoms with van der Waals surface area (Å²) in [7, 11) is 1.31. The summed E-state index contributed by atoms with van der Waals surface area (Å²) >= 11 is 0. The average molecular weight is 674 g/mol. The van der Waals surface area contributed by atoms with Crippen molar-refractivity contribution < 1.29 is 44.0 Å². The molecule has 0 aromatic heterocycles. The fraction of sp³-hybridized carbons (Fsp3) is 0.436. The topological polar surface area (TPSA) is 173 Å². The highest BCUT2D eigenvalue weighted by molar-refractivity contribution is 6.00. The zero-order valence-electron chi connectivity index (χ0n) is 29.5. The quantitative estimate of drug-likeness (QED) is 0.116. The number of aromatic carboxylic acids is 1. The number of hydrogen-bond acceptors (Lipinski definition) is 8. The van der Waals surface area contributed by atoms with Crippen molar-refractivity contribution in [2.75, 3.05) is 7.11 Å². The van der Waals surface area contributed by atoms with Gasteiger partial charge in [-0.15, -0.1) is 0 Å². The normalized spacial score (nSPS) is 21.0. The first-order valence-corrected chi connectivity index (χ1v) is 16.5. The Morgan fingerprint density at radius 3 is 2.18 bits per heavy atom. The first-order chi connectivity index (χ1) is 22.9. The number of benzene rings is 3. The molecule has 3 aromatic rings. The van der Waals surface area contributed by atoms with E-state index in [2.05, 4.69) is 45.9 Å². The summed E-state index contributed by atoms with van der Waals surface area (Å²) in [6.07, 6.45) is 5.74. The van der Waals surface area contributed by atoms with Gasteiger partial charge >= 0.3 is 11.9 Å². The number of amides is 1. The summed E-state index contributed by atoms with van der Waals surface area (Å²) in [5.74, 6) is -2.54. The summed E-state index contributed by atoms with van der Waals surface area (Å²) in [4.78, 5) is 47.3. The molecule has 0 spiro atoms. The van der Waals surface area contributed by atoms with E-state index in [-0.39, 0.29) is 56.1 Å². The number of primary amides is 1. The number of fused-ring (bicyclic) bond motifs is 3. The minimum Gasteiger partial charge on any atom is -0.507 e. The number of rotatable bonds is 7. The largest absolute Gasteiger partial charge is 0.507 e. The highest BCUT2D eigenvalue weighted by Crippen LogP contribution is 2.57. The molecular formula is C39H47NO9. The Morgan fingerprint density at radius 1 is 0.959 bits per heavy atom. The smallest absolute Gasteiger partial charge is 0.347 e. The molecule has 49 heavy (non-hydrogen) atoms. The molecule has 2 aliphatic rings. The third kappa shape index (κ3) is 6.60. The molecule has 3 unspecified atom stereocenters. The van der Waals surface area contributed by atoms with Crippen molar-refractivity contribution in [2.45, 2.75) is 91.9 Å². The SMILES string of the molecule is CC(C)c1ccc2c(c1)CCC1C(C)(C(N)=O)CCCC21C.COc1cc(C)c(C(=O)Oc2cc(C)c(O)c(C(=O)O)c2C)c(O)c1C=O. The van der Waals surface area contributed by atoms with Crippen LogP contribution in [0.5, 0.6) is 23.0 Å². The van der Waals surface area contributed by atoms with E-state index in [1.807, 2.05) is 0 Å². The van der Waals surface area contributed by atoms with Crippen LogP contribution in [0.1, 0.15) is 124 Å². The van der Waals surface area contributed by atoms with Gasteiger partial charge in [-0.05, 0) is 104 Å². The number of phenolic OH excluding ortho intramolecular Hbond substituents is 1. The molecule has 0 aliphatic heterocycles. The summed E-state index contributed by atoms with van der Waals surface area (Å²) in [6.45, 7) is 13.3. The summed E-state index contributed by atoms with van der Waals surface area (Å²) < 4.78 is 10.3. The van der Waals surface area contributed by atoms with Crippen molar-refractivity contribution in [3.05, 3.63) is 80.4 Å². The van der Waals surface area contributed by atoms with Crippen LogP contribution in [-0.4, -0.2) is 46.6 Å². The van der Waals surface area contributed by atoms with Crippen molar-refractivity contribution >= 4 is 24.1 Å². The molecule has 3 atom stereocenters. The van der Waals surface area contributed by atoms with Crippen molar-refractivity contribution in [1.82, 2.24) is 0 Å². The lowest BCUT2D eigenvalue weighted by Gasteiger charge is -2.54. The number of hydrogen-bond donors (Lipinski definition) is 4. The van der Waals surface area contributed by atoms with Gasteiger partial charge in [0.1, 0.15) is 34.1 Å². The Balaban J connectivity index is 0.000000225. The number of nitrogens with two attached hydrogens (primary N) is 1. The molecule has 1 amide bonds. The van der Waals surface area contributed by atoms with Crippen molar-refractivity contribution in [2.24, 2.45) is 17.1 Å².